The molecule has 0 spiro atoms. The van der Waals surface area contributed by atoms with Gasteiger partial charge in [-0.1, -0.05) is 6.07 Å². The number of pyridine rings is 1. The first-order chi connectivity index (χ1) is 9.99. The number of hydrogen-bond donors (Lipinski definition) is 3. The molecule has 2 rings (SSSR count). The number of carbonyl (C=O) groups excluding carboxylic acids is 1. The Balaban J connectivity index is 2.13. The van der Waals surface area contributed by atoms with E-state index in [1.54, 1.807) is 0 Å². The molecule has 0 saturated carbocycles. The lowest BCUT2D eigenvalue weighted by Crippen LogP contribution is -2.21. The van der Waals surface area contributed by atoms with E-state index < -0.39 is 30.4 Å². The van der Waals surface area contributed by atoms with Gasteiger partial charge < -0.3 is 15.7 Å². The molecule has 0 aliphatic heterocycles. The number of aromatic nitrogens is 1. The summed E-state index contributed by atoms with van der Waals surface area (Å²) in [6.45, 7) is -0.610. The zero-order chi connectivity index (χ0) is 15.4. The number of amides is 2. The van der Waals surface area contributed by atoms with Gasteiger partial charge in [0.25, 0.3) is 0 Å². The van der Waals surface area contributed by atoms with Crippen LogP contribution in [0.25, 0.3) is 0 Å². The summed E-state index contributed by atoms with van der Waals surface area (Å²) in [5.74, 6) is -2.87. The van der Waals surface area contributed by atoms with E-state index in [2.05, 4.69) is 15.6 Å². The minimum atomic E-state index is -1.09. The van der Waals surface area contributed by atoms with Gasteiger partial charge in [-0.05, 0) is 12.1 Å². The number of anilines is 2. The van der Waals surface area contributed by atoms with Crippen LogP contribution in [0, 0.1) is 17.7 Å². The zero-order valence-electron chi connectivity index (χ0n) is 10.5. The van der Waals surface area contributed by atoms with Crippen LogP contribution in [0.3, 0.4) is 0 Å². The van der Waals surface area contributed by atoms with E-state index >= 15 is 0 Å². The van der Waals surface area contributed by atoms with Crippen LogP contribution < -0.4 is 10.6 Å². The first kappa shape index (κ1) is 14.8. The molecule has 0 fully saturated rings. The fraction of sp³-hybridized carbons (Fsp3) is 0.0769. The van der Waals surface area contributed by atoms with Crippen LogP contribution in [0.15, 0.2) is 30.3 Å². The Bertz CT molecular complexity index is 659. The van der Waals surface area contributed by atoms with Gasteiger partial charge in [0.1, 0.15) is 5.82 Å². The van der Waals surface area contributed by atoms with Crippen molar-refractivity contribution in [3.63, 3.8) is 0 Å². The molecule has 0 saturated heterocycles. The van der Waals surface area contributed by atoms with Crippen molar-refractivity contribution in [3.05, 3.63) is 53.6 Å². The maximum absolute atomic E-state index is 13.4. The third-order valence-electron chi connectivity index (χ3n) is 2.55. The SMILES string of the molecule is O=C(Nc1cc(F)nc(F)c1)Nc1cccc(F)c1CO. The summed E-state index contributed by atoms with van der Waals surface area (Å²) in [4.78, 5) is 14.6. The molecule has 3 N–H and O–H groups in total. The average Bonchev–Trinajstić information content (AvgIpc) is 2.37. The summed E-state index contributed by atoms with van der Waals surface area (Å²) >= 11 is 0. The Kier molecular flexibility index (Phi) is 4.39. The number of hydrogen-bond acceptors (Lipinski definition) is 3. The zero-order valence-corrected chi connectivity index (χ0v) is 10.5. The molecule has 0 aliphatic rings. The van der Waals surface area contributed by atoms with Crippen molar-refractivity contribution in [2.24, 2.45) is 0 Å². The molecule has 1 aromatic carbocycles. The molecular formula is C13H10F3N3O2. The molecule has 1 heterocycles. The van der Waals surface area contributed by atoms with Crippen molar-refractivity contribution < 1.29 is 23.1 Å². The van der Waals surface area contributed by atoms with E-state index in [1.165, 1.54) is 12.1 Å². The van der Waals surface area contributed by atoms with Crippen LogP contribution in [0.4, 0.5) is 29.3 Å². The van der Waals surface area contributed by atoms with Crippen LogP contribution in [0.5, 0.6) is 0 Å². The Labute approximate surface area is 117 Å². The topological polar surface area (TPSA) is 74.2 Å². The van der Waals surface area contributed by atoms with Gasteiger partial charge in [-0.2, -0.15) is 13.8 Å². The van der Waals surface area contributed by atoms with E-state index in [0.717, 1.165) is 18.2 Å². The smallest absolute Gasteiger partial charge is 0.323 e. The van der Waals surface area contributed by atoms with Crippen LogP contribution >= 0.6 is 0 Å². The quantitative estimate of drug-likeness (QED) is 0.762. The summed E-state index contributed by atoms with van der Waals surface area (Å²) in [7, 11) is 0. The van der Waals surface area contributed by atoms with Gasteiger partial charge >= 0.3 is 6.03 Å². The van der Waals surface area contributed by atoms with Crippen LogP contribution in [-0.4, -0.2) is 16.1 Å². The molecule has 0 aliphatic carbocycles. The van der Waals surface area contributed by atoms with Gasteiger partial charge in [0.15, 0.2) is 0 Å². The predicted molar refractivity (Wildman–Crippen MR) is 69.1 cm³/mol. The number of carbonyl (C=O) groups is 1. The summed E-state index contributed by atoms with van der Waals surface area (Å²) in [6.07, 6.45) is 0. The lowest BCUT2D eigenvalue weighted by Gasteiger charge is -2.11. The van der Waals surface area contributed by atoms with Crippen molar-refractivity contribution >= 4 is 17.4 Å². The first-order valence-corrected chi connectivity index (χ1v) is 5.79. The van der Waals surface area contributed by atoms with Crippen molar-refractivity contribution in [3.8, 4) is 0 Å². The Morgan fingerprint density at radius 2 is 1.81 bits per heavy atom. The molecule has 0 unspecified atom stereocenters. The molecule has 0 atom stereocenters. The summed E-state index contributed by atoms with van der Waals surface area (Å²) in [5, 5.41) is 13.5. The first-order valence-electron chi connectivity index (χ1n) is 5.79. The molecule has 0 bridgehead atoms. The molecule has 21 heavy (non-hydrogen) atoms. The summed E-state index contributed by atoms with van der Waals surface area (Å²) in [6, 6.07) is 4.64. The number of nitrogens with one attached hydrogen (secondary N) is 2. The van der Waals surface area contributed by atoms with Crippen molar-refractivity contribution in [1.29, 1.82) is 0 Å². The third-order valence-corrected chi connectivity index (χ3v) is 2.55. The van der Waals surface area contributed by atoms with E-state index in [4.69, 9.17) is 5.11 Å². The van der Waals surface area contributed by atoms with Gasteiger partial charge in [0.05, 0.1) is 18.0 Å². The molecule has 5 nitrogen and oxygen atoms in total. The molecule has 2 aromatic rings. The number of aliphatic hydroxyl groups excluding tert-OH is 1. The highest BCUT2D eigenvalue weighted by Gasteiger charge is 2.11. The highest BCUT2D eigenvalue weighted by molar-refractivity contribution is 6.00. The molecule has 8 heteroatoms. The maximum Gasteiger partial charge on any atom is 0.323 e. The summed E-state index contributed by atoms with van der Waals surface area (Å²) < 4.78 is 39.1. The molecule has 1 aromatic heterocycles. The number of nitrogens with zero attached hydrogens (tertiary/aromatic N) is 1. The monoisotopic (exact) mass is 297 g/mol. The van der Waals surface area contributed by atoms with Crippen LogP contribution in [0.1, 0.15) is 5.56 Å². The summed E-state index contributed by atoms with van der Waals surface area (Å²) in [5.41, 5.74) is -0.204. The second kappa shape index (κ2) is 6.23. The predicted octanol–water partition coefficient (Wildman–Crippen LogP) is 2.64. The fourth-order valence-corrected chi connectivity index (χ4v) is 1.66. The van der Waals surface area contributed by atoms with Gasteiger partial charge in [-0.25, -0.2) is 9.18 Å². The standard InChI is InChI=1S/C13H10F3N3O2/c14-9-2-1-3-10(8(9)6-20)18-13(21)17-7-4-11(15)19-12(16)5-7/h1-5,20H,6H2,(H2,17,18,19,21). The van der Waals surface area contributed by atoms with E-state index in [-0.39, 0.29) is 16.9 Å². The fourth-order valence-electron chi connectivity index (χ4n) is 1.66. The van der Waals surface area contributed by atoms with Gasteiger partial charge in [0, 0.05) is 17.7 Å². The van der Waals surface area contributed by atoms with Crippen LogP contribution in [0.2, 0.25) is 0 Å². The Morgan fingerprint density at radius 1 is 1.14 bits per heavy atom. The number of urea groups is 1. The molecule has 110 valence electrons. The highest BCUT2D eigenvalue weighted by atomic mass is 19.1. The lowest BCUT2D eigenvalue weighted by molar-refractivity contribution is 0.261. The van der Waals surface area contributed by atoms with Gasteiger partial charge in [-0.3, -0.25) is 0 Å². The van der Waals surface area contributed by atoms with E-state index in [9.17, 15) is 18.0 Å². The van der Waals surface area contributed by atoms with Gasteiger partial charge in [-0.15, -0.1) is 0 Å². The number of benzene rings is 1. The highest BCUT2D eigenvalue weighted by Crippen LogP contribution is 2.19. The molecule has 2 amide bonds. The third kappa shape index (κ3) is 3.69. The number of rotatable bonds is 3. The largest absolute Gasteiger partial charge is 0.391 e. The van der Waals surface area contributed by atoms with E-state index in [1.807, 2.05) is 0 Å². The lowest BCUT2D eigenvalue weighted by atomic mass is 10.2. The number of aliphatic hydroxyl groups is 1. The average molecular weight is 297 g/mol. The maximum atomic E-state index is 13.4. The normalized spacial score (nSPS) is 10.3. The molecular weight excluding hydrogens is 287 g/mol. The molecule has 0 radical (unpaired) electrons. The van der Waals surface area contributed by atoms with Crippen molar-refractivity contribution in [1.82, 2.24) is 4.98 Å². The Morgan fingerprint density at radius 3 is 2.43 bits per heavy atom. The Hall–Kier alpha value is -2.61. The van der Waals surface area contributed by atoms with Crippen molar-refractivity contribution in [2.75, 3.05) is 10.6 Å². The minimum Gasteiger partial charge on any atom is -0.391 e. The number of halogens is 3. The van der Waals surface area contributed by atoms with Gasteiger partial charge in [0.2, 0.25) is 11.9 Å². The van der Waals surface area contributed by atoms with Crippen molar-refractivity contribution in [2.45, 2.75) is 6.61 Å². The minimum absolute atomic E-state index is 0.0463. The second-order valence-electron chi connectivity index (χ2n) is 4.00. The van der Waals surface area contributed by atoms with E-state index in [0.29, 0.717) is 0 Å². The van der Waals surface area contributed by atoms with Crippen LogP contribution in [-0.2, 0) is 6.61 Å². The second-order valence-corrected chi connectivity index (χ2v) is 4.00.